The Morgan fingerprint density at radius 2 is 2.07 bits per heavy atom. The van der Waals surface area contributed by atoms with Crippen molar-refractivity contribution in [2.24, 2.45) is 0 Å². The number of nitro groups is 1. The number of anilines is 1. The smallest absolute Gasteiger partial charge is 0.292 e. The number of nitrogens with one attached hydrogen (secondary N) is 1. The molecule has 1 aromatic carbocycles. The van der Waals surface area contributed by atoms with Crippen LogP contribution in [0.25, 0.3) is 0 Å². The Labute approximate surface area is 83.1 Å². The maximum atomic E-state index is 10.7. The van der Waals surface area contributed by atoms with E-state index in [0.29, 0.717) is 5.69 Å². The van der Waals surface area contributed by atoms with Crippen LogP contribution in [0.15, 0.2) is 18.2 Å². The summed E-state index contributed by atoms with van der Waals surface area (Å²) in [7, 11) is 0. The molecule has 0 saturated carbocycles. The van der Waals surface area contributed by atoms with Crippen LogP contribution in [0, 0.1) is 17.0 Å². The summed E-state index contributed by atoms with van der Waals surface area (Å²) in [6, 6.07) is 5.25. The van der Waals surface area contributed by atoms with Crippen molar-refractivity contribution < 1.29 is 4.92 Å². The van der Waals surface area contributed by atoms with Gasteiger partial charge < -0.3 is 5.32 Å². The first-order valence-electron chi connectivity index (χ1n) is 4.52. The summed E-state index contributed by atoms with van der Waals surface area (Å²) in [4.78, 5) is 10.3. The molecule has 0 amide bonds. The number of benzene rings is 1. The molecule has 1 rings (SSSR count). The van der Waals surface area contributed by atoms with Gasteiger partial charge >= 0.3 is 0 Å². The Bertz CT molecular complexity index is 348. The van der Waals surface area contributed by atoms with Gasteiger partial charge in [0.15, 0.2) is 0 Å². The van der Waals surface area contributed by atoms with Gasteiger partial charge in [-0.15, -0.1) is 0 Å². The Hall–Kier alpha value is -1.58. The van der Waals surface area contributed by atoms with E-state index in [1.807, 2.05) is 20.8 Å². The van der Waals surface area contributed by atoms with E-state index in [-0.39, 0.29) is 16.7 Å². The van der Waals surface area contributed by atoms with E-state index in [4.69, 9.17) is 0 Å². The van der Waals surface area contributed by atoms with Gasteiger partial charge in [0.05, 0.1) is 4.92 Å². The van der Waals surface area contributed by atoms with Gasteiger partial charge in [0, 0.05) is 12.1 Å². The molecule has 0 unspecified atom stereocenters. The minimum absolute atomic E-state index is 0.129. The van der Waals surface area contributed by atoms with Gasteiger partial charge in [-0.05, 0) is 32.4 Å². The summed E-state index contributed by atoms with van der Waals surface area (Å²) in [5.74, 6) is 0. The van der Waals surface area contributed by atoms with Crippen molar-refractivity contribution in [1.29, 1.82) is 0 Å². The molecule has 0 aliphatic carbocycles. The Kier molecular flexibility index (Phi) is 3.06. The van der Waals surface area contributed by atoms with Crippen LogP contribution >= 0.6 is 0 Å². The highest BCUT2D eigenvalue weighted by Gasteiger charge is 2.13. The Morgan fingerprint density at radius 1 is 1.43 bits per heavy atom. The molecule has 0 aromatic heterocycles. The molecular weight excluding hydrogens is 180 g/mol. The Morgan fingerprint density at radius 3 is 2.57 bits per heavy atom. The number of nitro benzene ring substituents is 1. The zero-order valence-electron chi connectivity index (χ0n) is 8.57. The van der Waals surface area contributed by atoms with Crippen molar-refractivity contribution >= 4 is 11.4 Å². The van der Waals surface area contributed by atoms with Crippen LogP contribution in [0.3, 0.4) is 0 Å². The van der Waals surface area contributed by atoms with Crippen molar-refractivity contribution in [2.45, 2.75) is 26.8 Å². The lowest BCUT2D eigenvalue weighted by atomic mass is 10.2. The molecule has 0 heterocycles. The minimum Gasteiger partial charge on any atom is -0.377 e. The van der Waals surface area contributed by atoms with Gasteiger partial charge in [-0.1, -0.05) is 6.07 Å². The average Bonchev–Trinajstić information content (AvgIpc) is 2.01. The summed E-state index contributed by atoms with van der Waals surface area (Å²) < 4.78 is 0. The third kappa shape index (κ3) is 2.45. The molecule has 4 nitrogen and oxygen atoms in total. The molecule has 0 saturated heterocycles. The van der Waals surface area contributed by atoms with Gasteiger partial charge in [-0.2, -0.15) is 0 Å². The first-order chi connectivity index (χ1) is 6.50. The summed E-state index contributed by atoms with van der Waals surface area (Å²) in [6.45, 7) is 5.81. The quantitative estimate of drug-likeness (QED) is 0.594. The van der Waals surface area contributed by atoms with E-state index in [2.05, 4.69) is 5.32 Å². The lowest BCUT2D eigenvalue weighted by Gasteiger charge is -2.10. The van der Waals surface area contributed by atoms with Crippen LogP contribution in [-0.4, -0.2) is 11.0 Å². The van der Waals surface area contributed by atoms with Crippen LogP contribution in [-0.2, 0) is 0 Å². The fourth-order valence-corrected chi connectivity index (χ4v) is 1.24. The van der Waals surface area contributed by atoms with Crippen molar-refractivity contribution in [3.8, 4) is 0 Å². The van der Waals surface area contributed by atoms with Gasteiger partial charge in [-0.25, -0.2) is 0 Å². The predicted molar refractivity (Wildman–Crippen MR) is 56.6 cm³/mol. The van der Waals surface area contributed by atoms with Crippen LogP contribution in [0.5, 0.6) is 0 Å². The molecule has 1 aromatic rings. The van der Waals surface area contributed by atoms with Crippen LogP contribution in [0.1, 0.15) is 19.4 Å². The second kappa shape index (κ2) is 4.09. The number of hydrogen-bond donors (Lipinski definition) is 1. The minimum atomic E-state index is -0.371. The van der Waals surface area contributed by atoms with E-state index in [1.54, 1.807) is 12.1 Å². The Balaban J connectivity index is 3.09. The maximum Gasteiger partial charge on any atom is 0.292 e. The van der Waals surface area contributed by atoms with Crippen molar-refractivity contribution in [1.82, 2.24) is 0 Å². The van der Waals surface area contributed by atoms with E-state index in [9.17, 15) is 10.1 Å². The maximum absolute atomic E-state index is 10.7. The summed E-state index contributed by atoms with van der Waals surface area (Å²) in [6.07, 6.45) is 0. The third-order valence-corrected chi connectivity index (χ3v) is 1.79. The highest BCUT2D eigenvalue weighted by Crippen LogP contribution is 2.25. The fraction of sp³-hybridized carbons (Fsp3) is 0.400. The van der Waals surface area contributed by atoms with Crippen LogP contribution in [0.2, 0.25) is 0 Å². The van der Waals surface area contributed by atoms with Gasteiger partial charge in [0.1, 0.15) is 5.69 Å². The number of aryl methyl sites for hydroxylation is 1. The molecule has 1 N–H and O–H groups in total. The molecule has 0 radical (unpaired) electrons. The SMILES string of the molecule is Cc1ccc([N+](=O)[O-])c(NC(C)C)c1. The summed E-state index contributed by atoms with van der Waals surface area (Å²) >= 11 is 0. The monoisotopic (exact) mass is 194 g/mol. The molecule has 4 heteroatoms. The molecule has 0 bridgehead atoms. The normalized spacial score (nSPS) is 10.3. The van der Waals surface area contributed by atoms with Crippen molar-refractivity contribution in [3.05, 3.63) is 33.9 Å². The molecule has 76 valence electrons. The lowest BCUT2D eigenvalue weighted by molar-refractivity contribution is -0.384. The topological polar surface area (TPSA) is 55.2 Å². The highest BCUT2D eigenvalue weighted by molar-refractivity contribution is 5.62. The van der Waals surface area contributed by atoms with E-state index in [0.717, 1.165) is 5.56 Å². The summed E-state index contributed by atoms with van der Waals surface area (Å²) in [5.41, 5.74) is 1.73. The lowest BCUT2D eigenvalue weighted by Crippen LogP contribution is -2.11. The molecule has 14 heavy (non-hydrogen) atoms. The predicted octanol–water partition coefficient (Wildman–Crippen LogP) is 2.72. The fourth-order valence-electron chi connectivity index (χ4n) is 1.24. The number of nitrogens with zero attached hydrogens (tertiary/aromatic N) is 1. The standard InChI is InChI=1S/C10H14N2O2/c1-7(2)11-9-6-8(3)4-5-10(9)12(13)14/h4-7,11H,1-3H3. The molecule has 0 aliphatic heterocycles. The number of rotatable bonds is 3. The second-order valence-corrected chi connectivity index (χ2v) is 3.58. The molecule has 0 fully saturated rings. The molecule has 0 spiro atoms. The molecule has 0 atom stereocenters. The summed E-state index contributed by atoms with van der Waals surface area (Å²) in [5, 5.41) is 13.7. The van der Waals surface area contributed by atoms with Crippen molar-refractivity contribution in [2.75, 3.05) is 5.32 Å². The first kappa shape index (κ1) is 10.5. The zero-order chi connectivity index (χ0) is 10.7. The second-order valence-electron chi connectivity index (χ2n) is 3.58. The first-order valence-corrected chi connectivity index (χ1v) is 4.52. The zero-order valence-corrected chi connectivity index (χ0v) is 8.57. The molecule has 0 aliphatic rings. The van der Waals surface area contributed by atoms with Crippen molar-refractivity contribution in [3.63, 3.8) is 0 Å². The van der Waals surface area contributed by atoms with Gasteiger partial charge in [0.25, 0.3) is 5.69 Å². The van der Waals surface area contributed by atoms with E-state index < -0.39 is 0 Å². The van der Waals surface area contributed by atoms with Gasteiger partial charge in [-0.3, -0.25) is 10.1 Å². The largest absolute Gasteiger partial charge is 0.377 e. The number of hydrogen-bond acceptors (Lipinski definition) is 3. The van der Waals surface area contributed by atoms with E-state index >= 15 is 0 Å². The van der Waals surface area contributed by atoms with Gasteiger partial charge in [0.2, 0.25) is 0 Å². The van der Waals surface area contributed by atoms with Crippen LogP contribution < -0.4 is 5.32 Å². The van der Waals surface area contributed by atoms with E-state index in [1.165, 1.54) is 6.07 Å². The van der Waals surface area contributed by atoms with Crippen LogP contribution in [0.4, 0.5) is 11.4 Å². The highest BCUT2D eigenvalue weighted by atomic mass is 16.6. The third-order valence-electron chi connectivity index (χ3n) is 1.79. The average molecular weight is 194 g/mol. The molecular formula is C10H14N2O2.